The van der Waals surface area contributed by atoms with Gasteiger partial charge in [0.15, 0.2) is 0 Å². The first kappa shape index (κ1) is 43.2. The van der Waals surface area contributed by atoms with Crippen LogP contribution in [0.4, 0.5) is 34.1 Å². The molecule has 0 saturated carbocycles. The van der Waals surface area contributed by atoms with E-state index < -0.39 is 0 Å². The van der Waals surface area contributed by atoms with Crippen molar-refractivity contribution in [2.24, 2.45) is 0 Å². The van der Waals surface area contributed by atoms with Crippen LogP contribution in [0.5, 0.6) is 0 Å². The fourth-order valence-corrected chi connectivity index (χ4v) is 13.7. The lowest BCUT2D eigenvalue weighted by Gasteiger charge is -2.47. The number of rotatable bonds is 2. The van der Waals surface area contributed by atoms with Crippen LogP contribution in [0.25, 0.3) is 43.8 Å². The van der Waals surface area contributed by atoms with E-state index in [2.05, 4.69) is 245 Å². The maximum absolute atomic E-state index is 2.70. The van der Waals surface area contributed by atoms with E-state index in [9.17, 15) is 0 Å². The summed E-state index contributed by atoms with van der Waals surface area (Å²) in [6, 6.07) is 57.4. The van der Waals surface area contributed by atoms with Crippen molar-refractivity contribution in [3.63, 3.8) is 0 Å². The second-order valence-electron chi connectivity index (χ2n) is 24.4. The van der Waals surface area contributed by atoms with Gasteiger partial charge >= 0.3 is 0 Å². The van der Waals surface area contributed by atoms with Gasteiger partial charge in [-0.3, -0.25) is 0 Å². The van der Waals surface area contributed by atoms with Crippen molar-refractivity contribution in [2.75, 3.05) is 9.80 Å². The van der Waals surface area contributed by atoms with Gasteiger partial charge in [0, 0.05) is 22.2 Å². The van der Waals surface area contributed by atoms with Crippen LogP contribution >= 0.6 is 0 Å². The highest BCUT2D eigenvalue weighted by Gasteiger charge is 2.49. The summed E-state index contributed by atoms with van der Waals surface area (Å²) in [4.78, 5) is 5.32. The van der Waals surface area contributed by atoms with Gasteiger partial charge in [0.05, 0.1) is 22.7 Å². The van der Waals surface area contributed by atoms with Gasteiger partial charge in [-0.1, -0.05) is 201 Å². The van der Waals surface area contributed by atoms with E-state index >= 15 is 0 Å². The van der Waals surface area contributed by atoms with Crippen LogP contribution in [0.3, 0.4) is 0 Å². The molecule has 70 heavy (non-hydrogen) atoms. The summed E-state index contributed by atoms with van der Waals surface area (Å²) in [7, 11) is 0. The van der Waals surface area contributed by atoms with Crippen LogP contribution in [0.2, 0.25) is 0 Å². The average molecular weight is 907 g/mol. The minimum absolute atomic E-state index is 0.0345. The van der Waals surface area contributed by atoms with Crippen molar-refractivity contribution < 1.29 is 0 Å². The molecule has 9 aromatic carbocycles. The smallest absolute Gasteiger partial charge is 0.248 e. The number of hydrogen-bond donors (Lipinski definition) is 0. The zero-order chi connectivity index (χ0) is 48.7. The van der Waals surface area contributed by atoms with Crippen molar-refractivity contribution >= 4 is 78.8 Å². The Balaban J connectivity index is 1.15. The molecule has 344 valence electrons. The van der Waals surface area contributed by atoms with Crippen molar-refractivity contribution in [2.45, 2.75) is 112 Å². The van der Waals surface area contributed by atoms with Gasteiger partial charge in [-0.05, 0) is 156 Å². The van der Waals surface area contributed by atoms with Gasteiger partial charge in [-0.15, -0.1) is 0 Å². The molecule has 0 radical (unpaired) electrons. The molecule has 0 fully saturated rings. The lowest BCUT2D eigenvalue weighted by atomic mass is 9.32. The molecule has 2 aliphatic heterocycles. The standard InChI is InChI=1S/C67H63BN2/c1-38-30-39(2)60(40(3)31-38)68-61-47-21-17-16-20-43(47)34-58-63(61)70(55-29-28-51-50-26-23-45(65(7,8)9)36-53(50)67(12,13)59(51)62(55)68)57-33-42-19-15-14-18-41(42)32-56(57)69(58)46-24-27-49-48-25-22-44(64(4,5)6)35-52(48)66(10,11)54(49)37-46/h14-37H,1-13H3. The number of anilines is 6. The maximum Gasteiger partial charge on any atom is 0.248 e. The fourth-order valence-electron chi connectivity index (χ4n) is 13.7. The lowest BCUT2D eigenvalue weighted by Crippen LogP contribution is -2.61. The molecule has 2 aliphatic carbocycles. The van der Waals surface area contributed by atoms with E-state index in [1.807, 2.05) is 0 Å². The van der Waals surface area contributed by atoms with Crippen molar-refractivity contribution in [1.29, 1.82) is 0 Å². The van der Waals surface area contributed by atoms with E-state index in [1.54, 1.807) is 0 Å². The van der Waals surface area contributed by atoms with E-state index in [1.165, 1.54) is 144 Å². The van der Waals surface area contributed by atoms with Crippen LogP contribution in [0, 0.1) is 20.8 Å². The second kappa shape index (κ2) is 14.2. The second-order valence-corrected chi connectivity index (χ2v) is 24.4. The Morgan fingerprint density at radius 2 is 0.914 bits per heavy atom. The number of aryl methyl sites for hydroxylation is 3. The molecule has 9 aromatic rings. The first-order chi connectivity index (χ1) is 33.2. The molecule has 2 nitrogen and oxygen atoms in total. The zero-order valence-corrected chi connectivity index (χ0v) is 43.3. The first-order valence-corrected chi connectivity index (χ1v) is 25.6. The third kappa shape index (κ3) is 5.81. The zero-order valence-electron chi connectivity index (χ0n) is 43.3. The maximum atomic E-state index is 2.70. The highest BCUT2D eigenvalue weighted by atomic mass is 15.3. The summed E-state index contributed by atoms with van der Waals surface area (Å²) in [6.07, 6.45) is 0. The van der Waals surface area contributed by atoms with Crippen LogP contribution in [-0.4, -0.2) is 6.71 Å². The van der Waals surface area contributed by atoms with Crippen LogP contribution in [0.1, 0.15) is 119 Å². The number of nitrogens with zero attached hydrogens (tertiary/aromatic N) is 2. The first-order valence-electron chi connectivity index (χ1n) is 25.6. The third-order valence-corrected chi connectivity index (χ3v) is 17.2. The highest BCUT2D eigenvalue weighted by molar-refractivity contribution is 7.00. The molecule has 0 spiro atoms. The molecular weight excluding hydrogens is 844 g/mol. The Morgan fingerprint density at radius 3 is 1.53 bits per heavy atom. The summed E-state index contributed by atoms with van der Waals surface area (Å²) in [5, 5.41) is 5.05. The van der Waals surface area contributed by atoms with Gasteiger partial charge in [0.1, 0.15) is 0 Å². The molecule has 4 aliphatic rings. The number of hydrogen-bond acceptors (Lipinski definition) is 2. The Labute approximate surface area is 416 Å². The van der Waals surface area contributed by atoms with E-state index in [-0.39, 0.29) is 28.4 Å². The largest absolute Gasteiger partial charge is 0.307 e. The molecule has 13 rings (SSSR count). The summed E-state index contributed by atoms with van der Waals surface area (Å²) in [6.45, 7) is 30.8. The Hall–Kier alpha value is -6.84. The molecule has 2 heterocycles. The van der Waals surface area contributed by atoms with Crippen LogP contribution in [-0.2, 0) is 21.7 Å². The molecule has 3 heteroatoms. The van der Waals surface area contributed by atoms with Crippen molar-refractivity contribution in [3.8, 4) is 22.3 Å². The summed E-state index contributed by atoms with van der Waals surface area (Å²) in [5.41, 5.74) is 29.1. The molecule has 0 aromatic heterocycles. The van der Waals surface area contributed by atoms with Gasteiger partial charge in [0.2, 0.25) is 6.71 Å². The topological polar surface area (TPSA) is 6.48 Å². The number of fused-ring (bicyclic) bond motifs is 14. The normalized spacial score (nSPS) is 15.6. The summed E-state index contributed by atoms with van der Waals surface area (Å²) < 4.78 is 0. The van der Waals surface area contributed by atoms with E-state index in [0.29, 0.717) is 0 Å². The molecular formula is C67H63BN2. The average Bonchev–Trinajstić information content (AvgIpc) is 3.68. The lowest BCUT2D eigenvalue weighted by molar-refractivity contribution is 0.584. The molecule has 0 N–H and O–H groups in total. The molecule has 0 saturated heterocycles. The highest BCUT2D eigenvalue weighted by Crippen LogP contribution is 2.60. The number of benzene rings is 9. The minimum Gasteiger partial charge on any atom is -0.307 e. The Kier molecular flexibility index (Phi) is 8.74. The molecule has 0 bridgehead atoms. The van der Waals surface area contributed by atoms with Crippen molar-refractivity contribution in [1.82, 2.24) is 0 Å². The predicted molar refractivity (Wildman–Crippen MR) is 302 cm³/mol. The molecule has 0 unspecified atom stereocenters. The van der Waals surface area contributed by atoms with Crippen LogP contribution in [0.15, 0.2) is 146 Å². The third-order valence-electron chi connectivity index (χ3n) is 17.2. The van der Waals surface area contributed by atoms with Gasteiger partial charge in [-0.25, -0.2) is 0 Å². The van der Waals surface area contributed by atoms with Gasteiger partial charge in [0.25, 0.3) is 0 Å². The summed E-state index contributed by atoms with van der Waals surface area (Å²) in [5.74, 6) is 0. The summed E-state index contributed by atoms with van der Waals surface area (Å²) >= 11 is 0. The quantitative estimate of drug-likeness (QED) is 0.160. The van der Waals surface area contributed by atoms with Gasteiger partial charge < -0.3 is 9.80 Å². The minimum atomic E-state index is -0.260. The Morgan fingerprint density at radius 1 is 0.414 bits per heavy atom. The van der Waals surface area contributed by atoms with Crippen LogP contribution < -0.4 is 26.2 Å². The predicted octanol–water partition coefficient (Wildman–Crippen LogP) is 16.2. The van der Waals surface area contributed by atoms with E-state index in [4.69, 9.17) is 0 Å². The monoisotopic (exact) mass is 907 g/mol. The fraction of sp³-hybridized carbons (Fsp3) is 0.254. The Bertz CT molecular complexity index is 3770. The molecule has 0 atom stereocenters. The molecule has 0 amide bonds. The van der Waals surface area contributed by atoms with E-state index in [0.717, 1.165) is 0 Å². The van der Waals surface area contributed by atoms with Gasteiger partial charge in [-0.2, -0.15) is 0 Å². The van der Waals surface area contributed by atoms with Crippen molar-refractivity contribution in [3.05, 3.63) is 196 Å². The SMILES string of the molecule is Cc1cc(C)c(B2c3c(ccc4c3C(C)(C)c3cc(C(C)(C)C)ccc3-4)N3c4cc5ccccc5cc4N(c4ccc5c(c4)C(C)(C)c4cc(C(C)(C)C)ccc4-5)c4cc5ccccc5c2c43)c(C)c1.